The molecule has 0 bridgehead atoms. The molecule has 0 aliphatic rings. The summed E-state index contributed by atoms with van der Waals surface area (Å²) in [7, 11) is -3.89. The number of nitrogens with zero attached hydrogens (tertiary/aromatic N) is 2. The van der Waals surface area contributed by atoms with Crippen molar-refractivity contribution in [3.05, 3.63) is 32.7 Å². The Labute approximate surface area is 172 Å². The van der Waals surface area contributed by atoms with Crippen molar-refractivity contribution < 1.29 is 13.2 Å². The van der Waals surface area contributed by atoms with E-state index in [0.717, 1.165) is 17.5 Å². The first-order valence-corrected chi connectivity index (χ1v) is 11.2. The predicted molar refractivity (Wildman–Crippen MR) is 108 cm³/mol. The lowest BCUT2D eigenvalue weighted by Crippen LogP contribution is -2.30. The van der Waals surface area contributed by atoms with Crippen molar-refractivity contribution in [1.29, 1.82) is 0 Å². The molecule has 0 spiro atoms. The third-order valence-electron chi connectivity index (χ3n) is 3.22. The highest BCUT2D eigenvalue weighted by molar-refractivity contribution is 7.89. The number of carbonyl (C=O) groups is 1. The Hall–Kier alpha value is -1.26. The van der Waals surface area contributed by atoms with Gasteiger partial charge in [0.15, 0.2) is 0 Å². The number of halogens is 2. The second kappa shape index (κ2) is 8.83. The van der Waals surface area contributed by atoms with Crippen LogP contribution in [0.2, 0.25) is 10.0 Å². The molecule has 1 amide bonds. The second-order valence-corrected chi connectivity index (χ2v) is 10.2. The number of hydrogen-bond donors (Lipinski definition) is 2. The van der Waals surface area contributed by atoms with Crippen LogP contribution in [0.5, 0.6) is 0 Å². The van der Waals surface area contributed by atoms with E-state index in [1.807, 2.05) is 0 Å². The van der Waals surface area contributed by atoms with Crippen LogP contribution < -0.4 is 10.0 Å². The van der Waals surface area contributed by atoms with Gasteiger partial charge in [-0.05, 0) is 31.9 Å². The Morgan fingerprint density at radius 2 is 1.81 bits per heavy atom. The number of aromatic nitrogens is 2. The molecule has 1 aromatic heterocycles. The first-order chi connectivity index (χ1) is 12.5. The van der Waals surface area contributed by atoms with E-state index in [-0.39, 0.29) is 26.5 Å². The lowest BCUT2D eigenvalue weighted by atomic mass is 10.1. The van der Waals surface area contributed by atoms with Crippen molar-refractivity contribution in [3.8, 4) is 0 Å². The van der Waals surface area contributed by atoms with Crippen LogP contribution in [-0.2, 0) is 16.4 Å². The highest BCUT2D eigenvalue weighted by Gasteiger charge is 2.24. The minimum absolute atomic E-state index is 0.0224. The molecule has 0 radical (unpaired) electrons. The Morgan fingerprint density at radius 1 is 1.15 bits per heavy atom. The highest BCUT2D eigenvalue weighted by atomic mass is 35.5. The molecule has 0 fully saturated rings. The summed E-state index contributed by atoms with van der Waals surface area (Å²) in [4.78, 5) is 12.3. The van der Waals surface area contributed by atoms with Crippen LogP contribution in [0.1, 0.15) is 43.1 Å². The molecule has 27 heavy (non-hydrogen) atoms. The molecular formula is C16H20Cl2N4O3S2. The maximum absolute atomic E-state index is 12.6. The van der Waals surface area contributed by atoms with Crippen molar-refractivity contribution in [3.63, 3.8) is 0 Å². The van der Waals surface area contributed by atoms with E-state index in [0.29, 0.717) is 11.0 Å². The van der Waals surface area contributed by atoms with Crippen molar-refractivity contribution in [2.45, 2.75) is 45.1 Å². The summed E-state index contributed by atoms with van der Waals surface area (Å²) in [5, 5.41) is 11.6. The van der Waals surface area contributed by atoms with Gasteiger partial charge in [0.05, 0.1) is 15.6 Å². The van der Waals surface area contributed by atoms with Crippen LogP contribution >= 0.6 is 34.5 Å². The summed E-state index contributed by atoms with van der Waals surface area (Å²) in [5.74, 6) is -0.182. The Balaban J connectivity index is 2.31. The molecule has 1 heterocycles. The van der Waals surface area contributed by atoms with E-state index in [2.05, 4.69) is 34.1 Å². The number of nitrogens with one attached hydrogen (secondary N) is 2. The highest BCUT2D eigenvalue weighted by Crippen LogP contribution is 2.30. The number of rotatable bonds is 7. The van der Waals surface area contributed by atoms with Gasteiger partial charge in [0, 0.05) is 12.5 Å². The molecule has 0 atom stereocenters. The van der Waals surface area contributed by atoms with Crippen LogP contribution in [0.25, 0.3) is 0 Å². The molecule has 2 rings (SSSR count). The minimum atomic E-state index is -3.89. The van der Waals surface area contributed by atoms with E-state index >= 15 is 0 Å². The maximum atomic E-state index is 12.6. The van der Waals surface area contributed by atoms with Gasteiger partial charge in [-0.25, -0.2) is 13.1 Å². The zero-order valence-corrected chi connectivity index (χ0v) is 18.4. The fourth-order valence-corrected chi connectivity index (χ4v) is 5.24. The van der Waals surface area contributed by atoms with Crippen LogP contribution in [0.15, 0.2) is 17.0 Å². The number of anilines is 1. The van der Waals surface area contributed by atoms with Gasteiger partial charge in [-0.2, -0.15) is 0 Å². The summed E-state index contributed by atoms with van der Waals surface area (Å²) in [6.07, 6.45) is 0.749. The van der Waals surface area contributed by atoms with Gasteiger partial charge >= 0.3 is 0 Å². The van der Waals surface area contributed by atoms with Gasteiger partial charge in [-0.1, -0.05) is 48.4 Å². The van der Waals surface area contributed by atoms with Crippen molar-refractivity contribution in [2.24, 2.45) is 5.92 Å². The van der Waals surface area contributed by atoms with Gasteiger partial charge in [0.1, 0.15) is 9.90 Å². The van der Waals surface area contributed by atoms with Gasteiger partial charge in [0.25, 0.3) is 5.91 Å². The zero-order valence-electron chi connectivity index (χ0n) is 15.2. The first kappa shape index (κ1) is 22.0. The maximum Gasteiger partial charge on any atom is 0.259 e. The second-order valence-electron chi connectivity index (χ2n) is 6.59. The molecule has 0 unspecified atom stereocenters. The average Bonchev–Trinajstić information content (AvgIpc) is 2.91. The Morgan fingerprint density at radius 3 is 2.41 bits per heavy atom. The van der Waals surface area contributed by atoms with Gasteiger partial charge in [0.2, 0.25) is 15.2 Å². The molecule has 0 aliphatic heterocycles. The fraction of sp³-hybridized carbons (Fsp3) is 0.438. The number of benzene rings is 1. The number of sulfonamides is 1. The normalized spacial score (nSPS) is 12.0. The van der Waals surface area contributed by atoms with E-state index in [9.17, 15) is 13.2 Å². The van der Waals surface area contributed by atoms with Crippen molar-refractivity contribution in [1.82, 2.24) is 14.9 Å². The van der Waals surface area contributed by atoms with Crippen LogP contribution in [0.3, 0.4) is 0 Å². The summed E-state index contributed by atoms with van der Waals surface area (Å²) in [5.41, 5.74) is -0.0224. The number of carbonyl (C=O) groups excluding carboxylic acids is 1. The van der Waals surface area contributed by atoms with Crippen LogP contribution in [0.4, 0.5) is 5.13 Å². The number of hydrogen-bond acceptors (Lipinski definition) is 6. The van der Waals surface area contributed by atoms with E-state index in [1.165, 1.54) is 17.4 Å². The first-order valence-electron chi connectivity index (χ1n) is 8.14. The standard InChI is InChI=1S/C16H20Cl2N4O3S2/c1-8(2)5-14-20-21-16(26-14)19-15(23)10-6-13(12(18)7-11(10)17)27(24,25)22-9(3)4/h6-9,22H,5H2,1-4H3,(H,19,21,23). The van der Waals surface area contributed by atoms with Gasteiger partial charge < -0.3 is 0 Å². The molecule has 0 aliphatic carbocycles. The topological polar surface area (TPSA) is 101 Å². The monoisotopic (exact) mass is 450 g/mol. The molecule has 7 nitrogen and oxygen atoms in total. The molecule has 0 saturated heterocycles. The fourth-order valence-electron chi connectivity index (χ4n) is 2.18. The molecule has 11 heteroatoms. The SMILES string of the molecule is CC(C)Cc1nnc(NC(=O)c2cc(S(=O)(=O)NC(C)C)c(Cl)cc2Cl)s1. The van der Waals surface area contributed by atoms with Crippen molar-refractivity contribution >= 4 is 55.6 Å². The predicted octanol–water partition coefficient (Wildman–Crippen LogP) is 3.98. The van der Waals surface area contributed by atoms with Gasteiger partial charge in [-0.3, -0.25) is 10.1 Å². The van der Waals surface area contributed by atoms with E-state index in [1.54, 1.807) is 13.8 Å². The molecule has 148 valence electrons. The number of amides is 1. The van der Waals surface area contributed by atoms with E-state index < -0.39 is 15.9 Å². The van der Waals surface area contributed by atoms with E-state index in [4.69, 9.17) is 23.2 Å². The Bertz CT molecular complexity index is 943. The average molecular weight is 451 g/mol. The largest absolute Gasteiger partial charge is 0.296 e. The van der Waals surface area contributed by atoms with Gasteiger partial charge in [-0.15, -0.1) is 10.2 Å². The van der Waals surface area contributed by atoms with Crippen molar-refractivity contribution in [2.75, 3.05) is 5.32 Å². The summed E-state index contributed by atoms with van der Waals surface area (Å²) >= 11 is 13.4. The van der Waals surface area contributed by atoms with Crippen LogP contribution in [-0.4, -0.2) is 30.6 Å². The smallest absolute Gasteiger partial charge is 0.259 e. The third kappa shape index (κ3) is 5.86. The lowest BCUT2D eigenvalue weighted by molar-refractivity contribution is 0.102. The lowest BCUT2D eigenvalue weighted by Gasteiger charge is -2.13. The summed E-state index contributed by atoms with van der Waals surface area (Å²) < 4.78 is 27.3. The molecule has 1 aromatic carbocycles. The minimum Gasteiger partial charge on any atom is -0.296 e. The summed E-state index contributed by atoms with van der Waals surface area (Å²) in [6, 6.07) is 2.05. The van der Waals surface area contributed by atoms with Crippen LogP contribution in [0, 0.1) is 5.92 Å². The molecular weight excluding hydrogens is 431 g/mol. The molecule has 0 saturated carbocycles. The molecule has 2 N–H and O–H groups in total. The molecule has 2 aromatic rings. The zero-order chi connectivity index (χ0) is 20.4. The quantitative estimate of drug-likeness (QED) is 0.663. The Kier molecular flexibility index (Phi) is 7.20. The third-order valence-corrected chi connectivity index (χ3v) is 6.51. The summed E-state index contributed by atoms with van der Waals surface area (Å²) in [6.45, 7) is 7.47.